The second-order valence-electron chi connectivity index (χ2n) is 5.30. The van der Waals surface area contributed by atoms with E-state index < -0.39 is 19.0 Å². The van der Waals surface area contributed by atoms with Gasteiger partial charge < -0.3 is 24.9 Å². The number of carboxylic acid groups (broad SMARTS) is 1. The zero-order chi connectivity index (χ0) is 17.1. The maximum Gasteiger partial charge on any atom is 0.547 e. The molecule has 23 heavy (non-hydrogen) atoms. The molecule has 0 radical (unpaired) electrons. The van der Waals surface area contributed by atoms with Crippen LogP contribution in [-0.4, -0.2) is 40.8 Å². The topological polar surface area (TPSA) is 113 Å². The van der Waals surface area contributed by atoms with Crippen LogP contribution in [0.4, 0.5) is 0 Å². The Hall–Kier alpha value is -2.06. The first-order valence-electron chi connectivity index (χ1n) is 6.97. The number of fused-ring (bicyclic) bond motifs is 1. The Bertz CT molecular complexity index is 665. The highest BCUT2D eigenvalue weighted by atomic mass is 35.5. The van der Waals surface area contributed by atoms with Gasteiger partial charge in [0, 0.05) is 12.8 Å². The minimum Gasteiger partial charge on any atom is -0.534 e. The van der Waals surface area contributed by atoms with E-state index in [1.807, 2.05) is 0 Å². The number of hydrogen-bond donors (Lipinski definition) is 3. The molecule has 2 rings (SSSR count). The van der Waals surface area contributed by atoms with Crippen LogP contribution in [0.3, 0.4) is 0 Å². The number of nitrogens with one attached hydrogen (secondary N) is 1. The maximum absolute atomic E-state index is 11.8. The molecule has 0 saturated carbocycles. The number of Topliss-reactive ketones (excluding diaryl/α,β-unsaturated/α-hetero) is 1. The molecule has 0 aromatic heterocycles. The Balaban J connectivity index is 2.15. The van der Waals surface area contributed by atoms with Gasteiger partial charge in [0.2, 0.25) is 5.91 Å². The zero-order valence-electron chi connectivity index (χ0n) is 12.3. The molecule has 0 bridgehead atoms. The summed E-state index contributed by atoms with van der Waals surface area (Å²) in [5.41, 5.74) is 0.304. The molecule has 3 N–H and O–H groups in total. The number of hydrogen-bond acceptors (Lipinski definition) is 5. The number of benzene rings is 1. The van der Waals surface area contributed by atoms with Crippen LogP contribution in [0.5, 0.6) is 5.75 Å². The first-order valence-corrected chi connectivity index (χ1v) is 7.35. The Morgan fingerprint density at radius 2 is 2.09 bits per heavy atom. The Morgan fingerprint density at radius 1 is 1.39 bits per heavy atom. The van der Waals surface area contributed by atoms with Crippen molar-refractivity contribution in [3.05, 3.63) is 28.3 Å². The minimum absolute atomic E-state index is 0.00624. The van der Waals surface area contributed by atoms with E-state index in [2.05, 4.69) is 5.32 Å². The van der Waals surface area contributed by atoms with Crippen molar-refractivity contribution >= 4 is 36.4 Å². The zero-order valence-corrected chi connectivity index (χ0v) is 13.1. The van der Waals surface area contributed by atoms with Gasteiger partial charge in [-0.1, -0.05) is 17.7 Å². The van der Waals surface area contributed by atoms with Gasteiger partial charge in [0.1, 0.15) is 17.1 Å². The molecule has 1 aliphatic rings. The number of carbonyl (C=O) groups excluding carboxylic acids is 2. The molecule has 1 aromatic rings. The standard InChI is InChI=1S/C14H15BClNO6/c1-7(18)2-5-11(19)17-10-6-8-3-4-9(16)12(14(20)21)13(8)23-15(10)22/h3-4,10,22H,2,5-6H2,1H3,(H,17,19)(H,20,21)/t10-/m0/s1. The Kier molecular flexibility index (Phi) is 5.28. The molecule has 1 aliphatic heterocycles. The van der Waals surface area contributed by atoms with Gasteiger partial charge in [-0.15, -0.1) is 0 Å². The Labute approximate surface area is 137 Å². The minimum atomic E-state index is -1.40. The summed E-state index contributed by atoms with van der Waals surface area (Å²) in [5.74, 6) is -2.48. The summed E-state index contributed by atoms with van der Waals surface area (Å²) in [6.45, 7) is 1.39. The van der Waals surface area contributed by atoms with E-state index in [1.165, 1.54) is 13.0 Å². The van der Waals surface area contributed by atoms with Crippen LogP contribution in [0, 0.1) is 0 Å². The van der Waals surface area contributed by atoms with Crippen molar-refractivity contribution in [2.24, 2.45) is 0 Å². The number of ketones is 1. The monoisotopic (exact) mass is 339 g/mol. The first-order chi connectivity index (χ1) is 10.8. The fourth-order valence-electron chi connectivity index (χ4n) is 2.33. The third-order valence-electron chi connectivity index (χ3n) is 3.48. The van der Waals surface area contributed by atoms with Crippen LogP contribution in [-0.2, 0) is 16.0 Å². The van der Waals surface area contributed by atoms with E-state index in [-0.39, 0.29) is 47.3 Å². The van der Waals surface area contributed by atoms with Gasteiger partial charge in [-0.25, -0.2) is 4.79 Å². The van der Waals surface area contributed by atoms with Crippen molar-refractivity contribution < 1.29 is 29.2 Å². The lowest BCUT2D eigenvalue weighted by atomic mass is 9.72. The SMILES string of the molecule is CC(=O)CCC(=O)N[C@H]1Cc2ccc(Cl)c(C(=O)O)c2OB1O. The van der Waals surface area contributed by atoms with Crippen LogP contribution < -0.4 is 9.97 Å². The van der Waals surface area contributed by atoms with Gasteiger partial charge >= 0.3 is 13.1 Å². The van der Waals surface area contributed by atoms with Gasteiger partial charge in [0.05, 0.1) is 11.0 Å². The third kappa shape index (κ3) is 4.03. The summed E-state index contributed by atoms with van der Waals surface area (Å²) in [4.78, 5) is 33.9. The molecule has 1 heterocycles. The van der Waals surface area contributed by atoms with Crippen molar-refractivity contribution in [2.75, 3.05) is 0 Å². The molecule has 0 saturated heterocycles. The predicted octanol–water partition coefficient (Wildman–Crippen LogP) is 0.847. The highest BCUT2D eigenvalue weighted by Crippen LogP contribution is 2.34. The number of carbonyl (C=O) groups is 3. The second kappa shape index (κ2) is 7.01. The summed E-state index contributed by atoms with van der Waals surface area (Å²) >= 11 is 5.85. The van der Waals surface area contributed by atoms with Crippen LogP contribution in [0.1, 0.15) is 35.7 Å². The smallest absolute Gasteiger partial charge is 0.534 e. The third-order valence-corrected chi connectivity index (χ3v) is 3.79. The molecular formula is C14H15BClNO6. The van der Waals surface area contributed by atoms with Gasteiger partial charge in [0.25, 0.3) is 0 Å². The fourth-order valence-corrected chi connectivity index (χ4v) is 2.56. The molecule has 0 spiro atoms. The molecule has 0 unspecified atom stereocenters. The predicted molar refractivity (Wildman–Crippen MR) is 82.6 cm³/mol. The summed E-state index contributed by atoms with van der Waals surface area (Å²) in [6, 6.07) is 3.02. The molecule has 1 amide bonds. The lowest BCUT2D eigenvalue weighted by molar-refractivity contribution is -0.124. The van der Waals surface area contributed by atoms with Gasteiger partial charge in [-0.2, -0.15) is 0 Å². The van der Waals surface area contributed by atoms with Crippen LogP contribution >= 0.6 is 11.6 Å². The van der Waals surface area contributed by atoms with Crippen LogP contribution in [0.2, 0.25) is 5.02 Å². The number of aromatic carboxylic acids is 1. The maximum atomic E-state index is 11.8. The van der Waals surface area contributed by atoms with Crippen molar-refractivity contribution in [2.45, 2.75) is 32.1 Å². The average molecular weight is 340 g/mol. The molecular weight excluding hydrogens is 324 g/mol. The summed E-state index contributed by atoms with van der Waals surface area (Å²) in [7, 11) is -1.40. The molecule has 1 atom stereocenters. The molecule has 122 valence electrons. The number of rotatable bonds is 5. The van der Waals surface area contributed by atoms with Crippen LogP contribution in [0.15, 0.2) is 12.1 Å². The van der Waals surface area contributed by atoms with Crippen molar-refractivity contribution in [3.63, 3.8) is 0 Å². The van der Waals surface area contributed by atoms with E-state index in [9.17, 15) is 24.5 Å². The lowest BCUT2D eigenvalue weighted by Gasteiger charge is -2.29. The van der Waals surface area contributed by atoms with E-state index in [0.717, 1.165) is 0 Å². The van der Waals surface area contributed by atoms with Gasteiger partial charge in [-0.3, -0.25) is 4.79 Å². The Morgan fingerprint density at radius 3 is 2.70 bits per heavy atom. The van der Waals surface area contributed by atoms with Crippen molar-refractivity contribution in [3.8, 4) is 5.75 Å². The number of halogens is 1. The van der Waals surface area contributed by atoms with E-state index in [0.29, 0.717) is 5.56 Å². The lowest BCUT2D eigenvalue weighted by Crippen LogP contribution is -2.53. The summed E-state index contributed by atoms with van der Waals surface area (Å²) in [5, 5.41) is 21.8. The molecule has 0 aliphatic carbocycles. The van der Waals surface area contributed by atoms with Crippen molar-refractivity contribution in [1.82, 2.24) is 5.32 Å². The highest BCUT2D eigenvalue weighted by Gasteiger charge is 2.38. The molecule has 1 aromatic carbocycles. The molecule has 9 heteroatoms. The van der Waals surface area contributed by atoms with Gasteiger partial charge in [-0.05, 0) is 25.0 Å². The number of carboxylic acids is 1. The number of amides is 1. The summed E-state index contributed by atoms with van der Waals surface area (Å²) in [6.07, 6.45) is 0.330. The van der Waals surface area contributed by atoms with Gasteiger partial charge in [0.15, 0.2) is 0 Å². The molecule has 0 fully saturated rings. The summed E-state index contributed by atoms with van der Waals surface area (Å²) < 4.78 is 5.25. The van der Waals surface area contributed by atoms with Crippen LogP contribution in [0.25, 0.3) is 0 Å². The fraction of sp³-hybridized carbons (Fsp3) is 0.357. The molecule has 7 nitrogen and oxygen atoms in total. The van der Waals surface area contributed by atoms with E-state index >= 15 is 0 Å². The van der Waals surface area contributed by atoms with E-state index in [4.69, 9.17) is 16.3 Å². The normalized spacial score (nSPS) is 16.3. The highest BCUT2D eigenvalue weighted by molar-refractivity contribution is 6.47. The largest absolute Gasteiger partial charge is 0.547 e. The quantitative estimate of drug-likeness (QED) is 0.685. The van der Waals surface area contributed by atoms with E-state index in [1.54, 1.807) is 6.07 Å². The second-order valence-corrected chi connectivity index (χ2v) is 5.71. The van der Waals surface area contributed by atoms with Crippen molar-refractivity contribution in [1.29, 1.82) is 0 Å². The average Bonchev–Trinajstić information content (AvgIpc) is 2.45. The first kappa shape index (κ1) is 17.3.